The predicted octanol–water partition coefficient (Wildman–Crippen LogP) is 3.64. The Kier molecular flexibility index (Phi) is 5.19. The minimum atomic E-state index is -0.531. The van der Waals surface area contributed by atoms with Crippen LogP contribution >= 0.6 is 0 Å². The number of para-hydroxylation sites is 2. The molecule has 1 aromatic heterocycles. The van der Waals surface area contributed by atoms with Crippen molar-refractivity contribution in [1.82, 2.24) is 9.97 Å². The smallest absolute Gasteiger partial charge is 0.373 e. The number of benzene rings is 2. The van der Waals surface area contributed by atoms with Gasteiger partial charge in [0, 0.05) is 26.2 Å². The predicted molar refractivity (Wildman–Crippen MR) is 106 cm³/mol. The molecular formula is C20H18FN5O3. The molecule has 1 aliphatic heterocycles. The molecule has 4 rings (SSSR count). The third-order valence-electron chi connectivity index (χ3n) is 4.68. The zero-order valence-electron chi connectivity index (χ0n) is 15.4. The van der Waals surface area contributed by atoms with Crippen LogP contribution in [0.2, 0.25) is 0 Å². The van der Waals surface area contributed by atoms with Crippen LogP contribution in [0.3, 0.4) is 0 Å². The Morgan fingerprint density at radius 2 is 1.59 bits per heavy atom. The van der Waals surface area contributed by atoms with Gasteiger partial charge < -0.3 is 14.5 Å². The normalized spacial score (nSPS) is 14.0. The van der Waals surface area contributed by atoms with E-state index in [1.807, 2.05) is 11.0 Å². The van der Waals surface area contributed by atoms with Crippen LogP contribution in [0, 0.1) is 15.9 Å². The van der Waals surface area contributed by atoms with E-state index >= 15 is 0 Å². The average Bonchev–Trinajstić information content (AvgIpc) is 2.75. The standard InChI is InChI=1S/C20H18FN5O3/c21-16-8-4-5-9-17(16)24-10-12-25(13-11-24)19-18(26(27)28)20(23-14-22-19)29-15-6-2-1-3-7-15/h1-9,14H,10-13H2. The molecule has 29 heavy (non-hydrogen) atoms. The maximum absolute atomic E-state index is 14.0. The first-order valence-electron chi connectivity index (χ1n) is 9.10. The lowest BCUT2D eigenvalue weighted by molar-refractivity contribution is -0.385. The van der Waals surface area contributed by atoms with Crippen molar-refractivity contribution in [3.63, 3.8) is 0 Å². The molecular weight excluding hydrogens is 377 g/mol. The van der Waals surface area contributed by atoms with Crippen LogP contribution in [0.15, 0.2) is 60.9 Å². The molecule has 9 heteroatoms. The van der Waals surface area contributed by atoms with E-state index in [0.717, 1.165) is 0 Å². The first-order chi connectivity index (χ1) is 14.1. The van der Waals surface area contributed by atoms with Crippen molar-refractivity contribution >= 4 is 17.2 Å². The Labute approximate surface area is 166 Å². The van der Waals surface area contributed by atoms with Crippen molar-refractivity contribution in [3.8, 4) is 11.6 Å². The largest absolute Gasteiger partial charge is 0.434 e. The Hall–Kier alpha value is -3.75. The van der Waals surface area contributed by atoms with Crippen LogP contribution in [-0.4, -0.2) is 41.1 Å². The van der Waals surface area contributed by atoms with Crippen LogP contribution in [0.1, 0.15) is 0 Å². The summed E-state index contributed by atoms with van der Waals surface area (Å²) in [6.07, 6.45) is 1.25. The van der Waals surface area contributed by atoms with Crippen molar-refractivity contribution in [2.75, 3.05) is 36.0 Å². The van der Waals surface area contributed by atoms with Crippen LogP contribution < -0.4 is 14.5 Å². The van der Waals surface area contributed by atoms with E-state index in [0.29, 0.717) is 37.6 Å². The molecule has 1 saturated heterocycles. The highest BCUT2D eigenvalue weighted by Crippen LogP contribution is 2.36. The molecule has 8 nitrogen and oxygen atoms in total. The minimum Gasteiger partial charge on any atom is -0.434 e. The quantitative estimate of drug-likeness (QED) is 0.482. The molecule has 2 heterocycles. The number of aromatic nitrogens is 2. The number of piperazine rings is 1. The Morgan fingerprint density at radius 1 is 0.931 bits per heavy atom. The zero-order valence-corrected chi connectivity index (χ0v) is 15.4. The molecule has 0 aliphatic carbocycles. The molecule has 0 amide bonds. The number of hydrogen-bond acceptors (Lipinski definition) is 7. The van der Waals surface area contributed by atoms with Crippen molar-refractivity contribution < 1.29 is 14.1 Å². The first-order valence-corrected chi connectivity index (χ1v) is 9.10. The molecule has 0 saturated carbocycles. The molecule has 0 unspecified atom stereocenters. The van der Waals surface area contributed by atoms with Crippen molar-refractivity contribution in [3.05, 3.63) is 76.9 Å². The summed E-state index contributed by atoms with van der Waals surface area (Å²) >= 11 is 0. The summed E-state index contributed by atoms with van der Waals surface area (Å²) < 4.78 is 19.7. The van der Waals surface area contributed by atoms with Gasteiger partial charge in [-0.25, -0.2) is 9.37 Å². The SMILES string of the molecule is O=[N+]([O-])c1c(Oc2ccccc2)ncnc1N1CCN(c2ccccc2F)CC1. The van der Waals surface area contributed by atoms with Gasteiger partial charge in [0.05, 0.1) is 10.6 Å². The van der Waals surface area contributed by atoms with Crippen molar-refractivity contribution in [2.45, 2.75) is 0 Å². The molecule has 0 spiro atoms. The van der Waals surface area contributed by atoms with E-state index in [1.54, 1.807) is 47.4 Å². The number of nitrogens with zero attached hydrogens (tertiary/aromatic N) is 5. The van der Waals surface area contributed by atoms with Gasteiger partial charge in [0.1, 0.15) is 17.9 Å². The number of anilines is 2. The van der Waals surface area contributed by atoms with Gasteiger partial charge in [0.2, 0.25) is 5.82 Å². The molecule has 0 atom stereocenters. The molecule has 0 bridgehead atoms. The number of nitro groups is 1. The number of rotatable bonds is 5. The second-order valence-corrected chi connectivity index (χ2v) is 6.45. The third kappa shape index (κ3) is 3.93. The van der Waals surface area contributed by atoms with Gasteiger partial charge in [-0.1, -0.05) is 30.3 Å². The fraction of sp³-hybridized carbons (Fsp3) is 0.200. The van der Waals surface area contributed by atoms with Gasteiger partial charge >= 0.3 is 11.6 Å². The molecule has 1 aliphatic rings. The van der Waals surface area contributed by atoms with Gasteiger partial charge in [-0.05, 0) is 24.3 Å². The molecule has 1 fully saturated rings. The Balaban J connectivity index is 1.57. The Morgan fingerprint density at radius 3 is 2.28 bits per heavy atom. The van der Waals surface area contributed by atoms with Crippen molar-refractivity contribution in [2.24, 2.45) is 0 Å². The highest BCUT2D eigenvalue weighted by Gasteiger charge is 2.31. The van der Waals surface area contributed by atoms with Crippen LogP contribution in [0.25, 0.3) is 0 Å². The van der Waals surface area contributed by atoms with Crippen LogP contribution in [-0.2, 0) is 0 Å². The van der Waals surface area contributed by atoms with E-state index in [4.69, 9.17) is 4.74 Å². The molecule has 3 aromatic rings. The maximum Gasteiger partial charge on any atom is 0.373 e. The van der Waals surface area contributed by atoms with E-state index in [1.165, 1.54) is 12.4 Å². The van der Waals surface area contributed by atoms with Crippen LogP contribution in [0.5, 0.6) is 11.6 Å². The van der Waals surface area contributed by atoms with Gasteiger partial charge in [-0.15, -0.1) is 0 Å². The summed E-state index contributed by atoms with van der Waals surface area (Å²) in [6, 6.07) is 15.3. The number of hydrogen-bond donors (Lipinski definition) is 0. The third-order valence-corrected chi connectivity index (χ3v) is 4.68. The van der Waals surface area contributed by atoms with Gasteiger partial charge in [-0.3, -0.25) is 10.1 Å². The summed E-state index contributed by atoms with van der Waals surface area (Å²) in [6.45, 7) is 1.93. The molecule has 0 N–H and O–H groups in total. The first kappa shape index (κ1) is 18.6. The van der Waals surface area contributed by atoms with E-state index in [9.17, 15) is 14.5 Å². The second kappa shape index (κ2) is 8.09. The second-order valence-electron chi connectivity index (χ2n) is 6.45. The number of halogens is 1. The van der Waals surface area contributed by atoms with Crippen LogP contribution in [0.4, 0.5) is 21.6 Å². The molecule has 2 aromatic carbocycles. The topological polar surface area (TPSA) is 84.6 Å². The summed E-state index contributed by atoms with van der Waals surface area (Å²) in [5.74, 6) is 0.254. The average molecular weight is 395 g/mol. The minimum absolute atomic E-state index is 0.109. The highest BCUT2D eigenvalue weighted by atomic mass is 19.1. The fourth-order valence-corrected chi connectivity index (χ4v) is 3.29. The zero-order chi connectivity index (χ0) is 20.2. The van der Waals surface area contributed by atoms with Gasteiger partial charge in [0.25, 0.3) is 0 Å². The molecule has 0 radical (unpaired) electrons. The summed E-state index contributed by atoms with van der Waals surface area (Å²) in [7, 11) is 0. The number of ether oxygens (including phenoxy) is 1. The van der Waals surface area contributed by atoms with E-state index in [-0.39, 0.29) is 23.2 Å². The lowest BCUT2D eigenvalue weighted by Gasteiger charge is -2.36. The van der Waals surface area contributed by atoms with Gasteiger partial charge in [0.15, 0.2) is 0 Å². The van der Waals surface area contributed by atoms with E-state index < -0.39 is 4.92 Å². The van der Waals surface area contributed by atoms with Crippen molar-refractivity contribution in [1.29, 1.82) is 0 Å². The highest BCUT2D eigenvalue weighted by molar-refractivity contribution is 5.64. The Bertz CT molecular complexity index is 1010. The lowest BCUT2D eigenvalue weighted by atomic mass is 10.2. The molecule has 148 valence electrons. The monoisotopic (exact) mass is 395 g/mol. The van der Waals surface area contributed by atoms with E-state index in [2.05, 4.69) is 9.97 Å². The summed E-state index contributed by atoms with van der Waals surface area (Å²) in [5.41, 5.74) is 0.244. The summed E-state index contributed by atoms with van der Waals surface area (Å²) in [4.78, 5) is 23.1. The summed E-state index contributed by atoms with van der Waals surface area (Å²) in [5, 5.41) is 11.8. The lowest BCUT2D eigenvalue weighted by Crippen LogP contribution is -2.47. The van der Waals surface area contributed by atoms with Gasteiger partial charge in [-0.2, -0.15) is 4.98 Å². The fourth-order valence-electron chi connectivity index (χ4n) is 3.29. The maximum atomic E-state index is 14.0.